The maximum absolute atomic E-state index is 12.7. The quantitative estimate of drug-likeness (QED) is 0.700. The molecule has 0 saturated carbocycles. The number of carbonyl (C=O) groups is 1. The van der Waals surface area contributed by atoms with Crippen LogP contribution in [0.15, 0.2) is 42.5 Å². The highest BCUT2D eigenvalue weighted by molar-refractivity contribution is 5.94. The number of benzene rings is 2. The van der Waals surface area contributed by atoms with E-state index in [0.29, 0.717) is 31.1 Å². The standard InChI is InChI=1S/C23H29NO3/c1-3-26-13-14-27-22-10-6-9-21(16-22)23(25)24-17(2)19-12-11-18-7-4-5-8-20(18)15-19/h6,9-12,15-17H,3-5,7-8,13-14H2,1-2H3,(H,24,25)/t17-/m1/s1. The third-order valence-electron chi connectivity index (χ3n) is 5.02. The largest absolute Gasteiger partial charge is 0.491 e. The molecule has 4 nitrogen and oxygen atoms in total. The summed E-state index contributed by atoms with van der Waals surface area (Å²) >= 11 is 0. The highest BCUT2D eigenvalue weighted by Gasteiger charge is 2.15. The van der Waals surface area contributed by atoms with Crippen LogP contribution in [0, 0.1) is 0 Å². The van der Waals surface area contributed by atoms with Gasteiger partial charge in [0.2, 0.25) is 0 Å². The van der Waals surface area contributed by atoms with Crippen LogP contribution in [-0.4, -0.2) is 25.7 Å². The molecule has 0 bridgehead atoms. The number of hydrogen-bond acceptors (Lipinski definition) is 3. The first kappa shape index (κ1) is 19.4. The Kier molecular flexibility index (Phi) is 6.88. The summed E-state index contributed by atoms with van der Waals surface area (Å²) in [6.45, 7) is 5.68. The summed E-state index contributed by atoms with van der Waals surface area (Å²) < 4.78 is 10.9. The SMILES string of the molecule is CCOCCOc1cccc(C(=O)N[C@H](C)c2ccc3c(c2)CCCC3)c1. The fraction of sp³-hybridized carbons (Fsp3) is 0.435. The number of fused-ring (bicyclic) bond motifs is 1. The van der Waals surface area contributed by atoms with Crippen molar-refractivity contribution in [3.05, 3.63) is 64.7 Å². The fourth-order valence-corrected chi connectivity index (χ4v) is 3.48. The van der Waals surface area contributed by atoms with E-state index in [1.165, 1.54) is 30.4 Å². The molecule has 2 aromatic carbocycles. The zero-order valence-corrected chi connectivity index (χ0v) is 16.3. The van der Waals surface area contributed by atoms with Crippen molar-refractivity contribution >= 4 is 5.91 Å². The lowest BCUT2D eigenvalue weighted by Crippen LogP contribution is -2.26. The third kappa shape index (κ3) is 5.33. The second-order valence-corrected chi connectivity index (χ2v) is 7.00. The van der Waals surface area contributed by atoms with Crippen molar-refractivity contribution in [2.75, 3.05) is 19.8 Å². The van der Waals surface area contributed by atoms with E-state index in [1.54, 1.807) is 6.07 Å². The Morgan fingerprint density at radius 2 is 1.89 bits per heavy atom. The minimum absolute atomic E-state index is 0.0349. The van der Waals surface area contributed by atoms with Crippen molar-refractivity contribution in [3.8, 4) is 5.75 Å². The molecule has 3 rings (SSSR count). The molecule has 27 heavy (non-hydrogen) atoms. The number of nitrogens with one attached hydrogen (secondary N) is 1. The lowest BCUT2D eigenvalue weighted by atomic mass is 9.89. The molecule has 1 aliphatic carbocycles. The van der Waals surface area contributed by atoms with Crippen LogP contribution in [0.4, 0.5) is 0 Å². The lowest BCUT2D eigenvalue weighted by Gasteiger charge is -2.20. The molecular weight excluding hydrogens is 338 g/mol. The van der Waals surface area contributed by atoms with Gasteiger partial charge >= 0.3 is 0 Å². The molecule has 0 fully saturated rings. The van der Waals surface area contributed by atoms with E-state index in [0.717, 1.165) is 12.0 Å². The van der Waals surface area contributed by atoms with Gasteiger partial charge in [-0.2, -0.15) is 0 Å². The predicted molar refractivity (Wildman–Crippen MR) is 107 cm³/mol. The Balaban J connectivity index is 1.61. The second-order valence-electron chi connectivity index (χ2n) is 7.00. The van der Waals surface area contributed by atoms with Gasteiger partial charge in [-0.1, -0.05) is 24.3 Å². The second kappa shape index (κ2) is 9.56. The Morgan fingerprint density at radius 3 is 2.70 bits per heavy atom. The summed E-state index contributed by atoms with van der Waals surface area (Å²) in [5.74, 6) is 0.597. The van der Waals surface area contributed by atoms with E-state index in [1.807, 2.05) is 32.0 Å². The average Bonchev–Trinajstić information content (AvgIpc) is 2.71. The van der Waals surface area contributed by atoms with Crippen LogP contribution in [0.1, 0.15) is 59.8 Å². The van der Waals surface area contributed by atoms with E-state index in [4.69, 9.17) is 9.47 Å². The fourth-order valence-electron chi connectivity index (χ4n) is 3.48. The van der Waals surface area contributed by atoms with Crippen molar-refractivity contribution in [1.82, 2.24) is 5.32 Å². The molecule has 0 aliphatic heterocycles. The Morgan fingerprint density at radius 1 is 1.07 bits per heavy atom. The molecule has 0 spiro atoms. The molecule has 1 aliphatic rings. The van der Waals surface area contributed by atoms with Crippen LogP contribution in [0.3, 0.4) is 0 Å². The molecule has 0 heterocycles. The molecular formula is C23H29NO3. The summed E-state index contributed by atoms with van der Waals surface area (Å²) in [7, 11) is 0. The monoisotopic (exact) mass is 367 g/mol. The normalized spacial score (nSPS) is 14.3. The zero-order chi connectivity index (χ0) is 19.1. The van der Waals surface area contributed by atoms with Gasteiger partial charge in [-0.15, -0.1) is 0 Å². The number of hydrogen-bond donors (Lipinski definition) is 1. The summed E-state index contributed by atoms with van der Waals surface area (Å²) in [6.07, 6.45) is 4.85. The van der Waals surface area contributed by atoms with E-state index in [-0.39, 0.29) is 11.9 Å². The molecule has 144 valence electrons. The molecule has 0 saturated heterocycles. The van der Waals surface area contributed by atoms with Crippen molar-refractivity contribution in [2.45, 2.75) is 45.6 Å². The van der Waals surface area contributed by atoms with Crippen LogP contribution in [-0.2, 0) is 17.6 Å². The molecule has 1 amide bonds. The van der Waals surface area contributed by atoms with E-state index in [2.05, 4.69) is 23.5 Å². The number of amides is 1. The molecule has 0 aromatic heterocycles. The van der Waals surface area contributed by atoms with Crippen LogP contribution in [0.5, 0.6) is 5.75 Å². The summed E-state index contributed by atoms with van der Waals surface area (Å²) in [4.78, 5) is 12.7. The Bertz CT molecular complexity index is 772. The average molecular weight is 367 g/mol. The first-order valence-electron chi connectivity index (χ1n) is 9.90. The van der Waals surface area contributed by atoms with Crippen molar-refractivity contribution in [1.29, 1.82) is 0 Å². The van der Waals surface area contributed by atoms with Gasteiger partial charge < -0.3 is 14.8 Å². The number of rotatable bonds is 8. The van der Waals surface area contributed by atoms with Crippen molar-refractivity contribution in [2.24, 2.45) is 0 Å². The molecule has 4 heteroatoms. The number of ether oxygens (including phenoxy) is 2. The first-order chi connectivity index (χ1) is 13.2. The first-order valence-corrected chi connectivity index (χ1v) is 9.90. The van der Waals surface area contributed by atoms with Crippen molar-refractivity contribution in [3.63, 3.8) is 0 Å². The van der Waals surface area contributed by atoms with Crippen LogP contribution < -0.4 is 10.1 Å². The van der Waals surface area contributed by atoms with E-state index < -0.39 is 0 Å². The molecule has 1 atom stereocenters. The molecule has 0 radical (unpaired) electrons. The zero-order valence-electron chi connectivity index (χ0n) is 16.3. The van der Waals surface area contributed by atoms with Gasteiger partial charge in [0.25, 0.3) is 5.91 Å². The van der Waals surface area contributed by atoms with Gasteiger partial charge in [0.05, 0.1) is 12.6 Å². The highest BCUT2D eigenvalue weighted by atomic mass is 16.5. The van der Waals surface area contributed by atoms with Gasteiger partial charge in [-0.05, 0) is 74.4 Å². The maximum atomic E-state index is 12.7. The van der Waals surface area contributed by atoms with Gasteiger partial charge in [0.1, 0.15) is 12.4 Å². The van der Waals surface area contributed by atoms with Gasteiger partial charge in [-0.3, -0.25) is 4.79 Å². The number of aryl methyl sites for hydroxylation is 2. The highest BCUT2D eigenvalue weighted by Crippen LogP contribution is 2.25. The molecule has 0 unspecified atom stereocenters. The summed E-state index contributed by atoms with van der Waals surface area (Å²) in [5.41, 5.74) is 4.66. The molecule has 2 aromatic rings. The minimum atomic E-state index is -0.0875. The van der Waals surface area contributed by atoms with E-state index in [9.17, 15) is 4.79 Å². The van der Waals surface area contributed by atoms with Crippen LogP contribution in [0.25, 0.3) is 0 Å². The van der Waals surface area contributed by atoms with Crippen molar-refractivity contribution < 1.29 is 14.3 Å². The Hall–Kier alpha value is -2.33. The van der Waals surface area contributed by atoms with Crippen LogP contribution >= 0.6 is 0 Å². The molecule has 1 N–H and O–H groups in total. The minimum Gasteiger partial charge on any atom is -0.491 e. The number of carbonyl (C=O) groups excluding carboxylic acids is 1. The topological polar surface area (TPSA) is 47.6 Å². The van der Waals surface area contributed by atoms with E-state index >= 15 is 0 Å². The van der Waals surface area contributed by atoms with Gasteiger partial charge in [-0.25, -0.2) is 0 Å². The van der Waals surface area contributed by atoms with Gasteiger partial charge in [0.15, 0.2) is 0 Å². The third-order valence-corrected chi connectivity index (χ3v) is 5.02. The summed E-state index contributed by atoms with van der Waals surface area (Å²) in [6, 6.07) is 13.9. The van der Waals surface area contributed by atoms with Crippen LogP contribution in [0.2, 0.25) is 0 Å². The lowest BCUT2D eigenvalue weighted by molar-refractivity contribution is 0.0938. The predicted octanol–water partition coefficient (Wildman–Crippen LogP) is 4.47. The van der Waals surface area contributed by atoms with Gasteiger partial charge in [0, 0.05) is 12.2 Å². The maximum Gasteiger partial charge on any atom is 0.251 e. The Labute approximate surface area is 161 Å². The summed E-state index contributed by atoms with van der Waals surface area (Å²) in [5, 5.41) is 3.10. The smallest absolute Gasteiger partial charge is 0.251 e.